The zero-order chi connectivity index (χ0) is 27.2. The summed E-state index contributed by atoms with van der Waals surface area (Å²) in [6.45, 7) is 1.39. The van der Waals surface area contributed by atoms with Crippen LogP contribution < -0.4 is 10.2 Å². The van der Waals surface area contributed by atoms with Gasteiger partial charge in [-0.25, -0.2) is 4.79 Å². The molecule has 3 aromatic rings. The minimum atomic E-state index is -1.98. The molecule has 0 saturated carbocycles. The molecule has 1 saturated heterocycles. The second-order valence-electron chi connectivity index (χ2n) is 8.03. The van der Waals surface area contributed by atoms with Gasteiger partial charge >= 0.3 is 5.97 Å². The number of hydrogen-bond acceptors (Lipinski definition) is 14. The maximum Gasteiger partial charge on any atom is 0.338 e. The molecule has 14 nitrogen and oxygen atoms in total. The molecule has 1 fully saturated rings. The van der Waals surface area contributed by atoms with E-state index in [1.807, 2.05) is 0 Å². The smallest absolute Gasteiger partial charge is 0.338 e. The van der Waals surface area contributed by atoms with E-state index in [0.717, 1.165) is 12.1 Å². The lowest BCUT2D eigenvalue weighted by molar-refractivity contribution is -0.272. The Bertz CT molecular complexity index is 1410. The largest absolute Gasteiger partial charge is 0.507 e. The number of aromatic hydroxyl groups is 5. The fourth-order valence-corrected chi connectivity index (χ4v) is 3.76. The third-order valence-corrected chi connectivity index (χ3v) is 5.62. The van der Waals surface area contributed by atoms with Crippen molar-refractivity contribution in [3.63, 3.8) is 0 Å². The molecular formula is C23H22O14. The Kier molecular flexibility index (Phi) is 6.75. The molecule has 0 bridgehead atoms. The standard InChI is InChI=1S/C23H22O14/c1-2-34-22(33)21-16(31)14(29)17(32)23(37-21)36-19-11(27)6-10(26)12-13(28)15(30)18(35-20(12)19)7-3-4-8(24)9(25)5-7/h3-6,14,16-17,21,23-27,29-32H,2H2,1H3. The minimum Gasteiger partial charge on any atom is -0.507 e. The number of carbonyl (C=O) groups excluding carboxylic acids is 1. The normalized spacial score (nSPS) is 23.6. The highest BCUT2D eigenvalue weighted by Crippen LogP contribution is 2.44. The van der Waals surface area contributed by atoms with Crippen LogP contribution in [0.2, 0.25) is 0 Å². The van der Waals surface area contributed by atoms with Gasteiger partial charge < -0.3 is 59.5 Å². The Morgan fingerprint density at radius 3 is 2.27 bits per heavy atom. The van der Waals surface area contributed by atoms with Crippen LogP contribution in [0, 0.1) is 0 Å². The lowest BCUT2D eigenvalue weighted by Crippen LogP contribution is -2.61. The van der Waals surface area contributed by atoms with E-state index in [1.54, 1.807) is 0 Å². The van der Waals surface area contributed by atoms with Gasteiger partial charge in [0.15, 0.2) is 34.7 Å². The van der Waals surface area contributed by atoms with Crippen molar-refractivity contribution in [1.29, 1.82) is 0 Å². The molecule has 2 aromatic carbocycles. The van der Waals surface area contributed by atoms with Crippen LogP contribution >= 0.6 is 0 Å². The van der Waals surface area contributed by atoms with Crippen LogP contribution in [0.3, 0.4) is 0 Å². The summed E-state index contributed by atoms with van der Waals surface area (Å²) in [5.41, 5.74) is -1.95. The number of esters is 1. The molecule has 1 aromatic heterocycles. The van der Waals surface area contributed by atoms with Crippen LogP contribution in [0.25, 0.3) is 22.3 Å². The summed E-state index contributed by atoms with van der Waals surface area (Å²) >= 11 is 0. The van der Waals surface area contributed by atoms with Gasteiger partial charge in [0.1, 0.15) is 29.4 Å². The van der Waals surface area contributed by atoms with Crippen molar-refractivity contribution in [3.8, 4) is 45.8 Å². The number of phenols is 4. The van der Waals surface area contributed by atoms with Crippen LogP contribution in [0.4, 0.5) is 0 Å². The minimum absolute atomic E-state index is 0.0940. The average molecular weight is 522 g/mol. The van der Waals surface area contributed by atoms with Crippen LogP contribution in [0.15, 0.2) is 33.5 Å². The lowest BCUT2D eigenvalue weighted by Gasteiger charge is -2.39. The fourth-order valence-electron chi connectivity index (χ4n) is 3.76. The van der Waals surface area contributed by atoms with E-state index >= 15 is 0 Å². The summed E-state index contributed by atoms with van der Waals surface area (Å²) in [4.78, 5) is 25.0. The molecule has 8 N–H and O–H groups in total. The van der Waals surface area contributed by atoms with Gasteiger partial charge in [0.05, 0.1) is 6.61 Å². The van der Waals surface area contributed by atoms with E-state index in [4.69, 9.17) is 18.6 Å². The Morgan fingerprint density at radius 2 is 1.62 bits per heavy atom. The van der Waals surface area contributed by atoms with Gasteiger partial charge in [-0.2, -0.15) is 0 Å². The van der Waals surface area contributed by atoms with Gasteiger partial charge in [0.25, 0.3) is 0 Å². The van der Waals surface area contributed by atoms with Crippen LogP contribution in [0.1, 0.15) is 6.92 Å². The Hall–Kier alpha value is -4.24. The Morgan fingerprint density at radius 1 is 0.919 bits per heavy atom. The first kappa shape index (κ1) is 25.8. The predicted molar refractivity (Wildman–Crippen MR) is 120 cm³/mol. The number of phenolic OH excluding ortho intramolecular Hbond substituents is 4. The third kappa shape index (κ3) is 4.42. The molecule has 4 rings (SSSR count). The zero-order valence-corrected chi connectivity index (χ0v) is 18.9. The van der Waals surface area contributed by atoms with Crippen molar-refractivity contribution >= 4 is 16.9 Å². The summed E-state index contributed by atoms with van der Waals surface area (Å²) in [6.07, 6.45) is -9.60. The SMILES string of the molecule is CCOC(=O)C1OC(Oc2c(O)cc(O)c3c(=O)c(O)c(-c4ccc(O)c(O)c4)oc23)C(O)C(O)C1O. The Balaban J connectivity index is 1.85. The number of hydrogen-bond donors (Lipinski definition) is 8. The maximum absolute atomic E-state index is 12.9. The van der Waals surface area contributed by atoms with Crippen molar-refractivity contribution in [2.24, 2.45) is 0 Å². The quantitative estimate of drug-likeness (QED) is 0.159. The van der Waals surface area contributed by atoms with E-state index in [1.165, 1.54) is 13.0 Å². The highest BCUT2D eigenvalue weighted by molar-refractivity contribution is 5.93. The van der Waals surface area contributed by atoms with E-state index in [9.17, 15) is 50.4 Å². The summed E-state index contributed by atoms with van der Waals surface area (Å²) in [7, 11) is 0. The number of rotatable bonds is 5. The number of aliphatic hydroxyl groups is 3. The summed E-state index contributed by atoms with van der Waals surface area (Å²) in [5.74, 6) is -6.16. The molecule has 0 aliphatic carbocycles. The number of fused-ring (bicyclic) bond motifs is 1. The van der Waals surface area contributed by atoms with Crippen LogP contribution in [-0.4, -0.2) is 84.1 Å². The molecule has 37 heavy (non-hydrogen) atoms. The molecule has 0 spiro atoms. The average Bonchev–Trinajstić information content (AvgIpc) is 2.85. The van der Waals surface area contributed by atoms with Gasteiger partial charge in [0, 0.05) is 11.6 Å². The molecule has 0 radical (unpaired) electrons. The third-order valence-electron chi connectivity index (χ3n) is 5.62. The second kappa shape index (κ2) is 9.67. The zero-order valence-electron chi connectivity index (χ0n) is 18.9. The Labute approximate surface area is 206 Å². The van der Waals surface area contributed by atoms with E-state index in [-0.39, 0.29) is 12.2 Å². The van der Waals surface area contributed by atoms with Gasteiger partial charge in [-0.3, -0.25) is 4.79 Å². The molecule has 1 aliphatic rings. The van der Waals surface area contributed by atoms with Crippen molar-refractivity contribution in [2.75, 3.05) is 6.61 Å². The summed E-state index contributed by atoms with van der Waals surface area (Å²) < 4.78 is 21.1. The van der Waals surface area contributed by atoms with Gasteiger partial charge in [-0.05, 0) is 25.1 Å². The number of benzene rings is 2. The molecule has 198 valence electrons. The van der Waals surface area contributed by atoms with E-state index in [2.05, 4.69) is 0 Å². The van der Waals surface area contributed by atoms with Crippen molar-refractivity contribution in [2.45, 2.75) is 37.6 Å². The summed E-state index contributed by atoms with van der Waals surface area (Å²) in [6, 6.07) is 3.85. The van der Waals surface area contributed by atoms with Crippen LogP contribution in [-0.2, 0) is 14.3 Å². The number of carbonyl (C=O) groups is 1. The monoisotopic (exact) mass is 522 g/mol. The van der Waals surface area contributed by atoms with E-state index in [0.29, 0.717) is 6.07 Å². The molecule has 14 heteroatoms. The molecular weight excluding hydrogens is 500 g/mol. The first-order chi connectivity index (χ1) is 17.5. The highest BCUT2D eigenvalue weighted by Gasteiger charge is 2.49. The topological polar surface area (TPSA) is 237 Å². The first-order valence-electron chi connectivity index (χ1n) is 10.8. The molecule has 2 heterocycles. The molecule has 1 aliphatic heterocycles. The van der Waals surface area contributed by atoms with Gasteiger partial charge in [-0.1, -0.05) is 0 Å². The predicted octanol–water partition coefficient (Wildman–Crippen LogP) is -0.263. The number of ether oxygens (including phenoxy) is 3. The first-order valence-corrected chi connectivity index (χ1v) is 10.8. The maximum atomic E-state index is 12.9. The molecule has 0 amide bonds. The van der Waals surface area contributed by atoms with E-state index < -0.39 is 93.3 Å². The lowest BCUT2D eigenvalue weighted by atomic mass is 9.99. The molecule has 5 atom stereocenters. The van der Waals surface area contributed by atoms with Crippen molar-refractivity contribution < 1.29 is 64.3 Å². The summed E-state index contributed by atoms with van der Waals surface area (Å²) in [5, 5.41) is 80.5. The molecule has 5 unspecified atom stereocenters. The second-order valence-corrected chi connectivity index (χ2v) is 8.03. The number of aliphatic hydroxyl groups excluding tert-OH is 3. The van der Waals surface area contributed by atoms with Crippen molar-refractivity contribution in [1.82, 2.24) is 0 Å². The fraction of sp³-hybridized carbons (Fsp3) is 0.304. The van der Waals surface area contributed by atoms with Crippen LogP contribution in [0.5, 0.6) is 34.5 Å². The van der Waals surface area contributed by atoms with Gasteiger partial charge in [-0.15, -0.1) is 0 Å². The van der Waals surface area contributed by atoms with Gasteiger partial charge in [0.2, 0.25) is 23.2 Å². The van der Waals surface area contributed by atoms with Crippen molar-refractivity contribution in [3.05, 3.63) is 34.5 Å². The highest BCUT2D eigenvalue weighted by atomic mass is 16.7.